The summed E-state index contributed by atoms with van der Waals surface area (Å²) in [5, 5.41) is 0. The van der Waals surface area contributed by atoms with Crippen LogP contribution in [0.4, 0.5) is 4.39 Å². The number of hydrogen-bond donors (Lipinski definition) is 0. The monoisotopic (exact) mass is 322 g/mol. The van der Waals surface area contributed by atoms with Crippen LogP contribution in [0.1, 0.15) is 0 Å². The molecule has 0 nitrogen and oxygen atoms in total. The van der Waals surface area contributed by atoms with Gasteiger partial charge >= 0.3 is 64.5 Å². The van der Waals surface area contributed by atoms with E-state index < -0.39 is 16.1 Å². The molecule has 0 aliphatic rings. The van der Waals surface area contributed by atoms with Crippen LogP contribution in [-0.4, -0.2) is 0 Å². The number of benzene rings is 1. The molecular weight excluding hydrogens is 319 g/mol. The number of rotatable bonds is 1. The first kappa shape index (κ1) is 10.8. The van der Waals surface area contributed by atoms with Gasteiger partial charge in [-0.3, -0.25) is 0 Å². The van der Waals surface area contributed by atoms with Gasteiger partial charge in [-0.2, -0.15) is 0 Å². The SMILES string of the molecule is Fc1ccc[c]([Zn][Cl])c1.I. The van der Waals surface area contributed by atoms with E-state index >= 15 is 0 Å². The van der Waals surface area contributed by atoms with Crippen LogP contribution in [0.3, 0.4) is 0 Å². The van der Waals surface area contributed by atoms with E-state index in [4.69, 9.17) is 9.69 Å². The third kappa shape index (κ3) is 3.26. The molecule has 0 unspecified atom stereocenters. The van der Waals surface area contributed by atoms with Gasteiger partial charge in [0.05, 0.1) is 0 Å². The van der Waals surface area contributed by atoms with Gasteiger partial charge in [0.2, 0.25) is 0 Å². The average Bonchev–Trinajstić information content (AvgIpc) is 1.88. The molecule has 0 radical (unpaired) electrons. The van der Waals surface area contributed by atoms with Crippen molar-refractivity contribution < 1.29 is 20.5 Å². The summed E-state index contributed by atoms with van der Waals surface area (Å²) in [4.78, 5) is 0. The minimum Gasteiger partial charge on any atom is -0.107 e. The van der Waals surface area contributed by atoms with Crippen LogP contribution in [0.5, 0.6) is 0 Å². The van der Waals surface area contributed by atoms with Gasteiger partial charge in [0.25, 0.3) is 0 Å². The molecule has 0 fully saturated rings. The van der Waals surface area contributed by atoms with Gasteiger partial charge in [-0.05, 0) is 0 Å². The zero-order chi connectivity index (χ0) is 6.69. The van der Waals surface area contributed by atoms with E-state index in [0.717, 1.165) is 4.16 Å². The average molecular weight is 324 g/mol. The van der Waals surface area contributed by atoms with E-state index in [1.807, 2.05) is 6.07 Å². The second-order valence-corrected chi connectivity index (χ2v) is 5.43. The molecule has 52 valence electrons. The Balaban J connectivity index is 0.000000810. The van der Waals surface area contributed by atoms with Crippen molar-refractivity contribution in [2.45, 2.75) is 0 Å². The summed E-state index contributed by atoms with van der Waals surface area (Å²) in [6.45, 7) is 0. The van der Waals surface area contributed by atoms with E-state index in [1.54, 1.807) is 6.07 Å². The topological polar surface area (TPSA) is 0 Å². The molecular formula is C6H5ClFIZn. The number of hydrogen-bond acceptors (Lipinski definition) is 0. The van der Waals surface area contributed by atoms with Crippen LogP contribution in [0.15, 0.2) is 24.3 Å². The molecule has 10 heavy (non-hydrogen) atoms. The maximum Gasteiger partial charge on any atom is -0.107 e. The third-order valence-electron chi connectivity index (χ3n) is 1.04. The Kier molecular flexibility index (Phi) is 5.88. The van der Waals surface area contributed by atoms with Crippen molar-refractivity contribution in [1.29, 1.82) is 0 Å². The zero-order valence-electron chi connectivity index (χ0n) is 5.18. The smallest absolute Gasteiger partial charge is 0.107 e. The Bertz CT molecular complexity index is 207. The zero-order valence-corrected chi connectivity index (χ0v) is 11.2. The predicted octanol–water partition coefficient (Wildman–Crippen LogP) is 2.31. The fourth-order valence-electron chi connectivity index (χ4n) is 0.620. The van der Waals surface area contributed by atoms with Crippen LogP contribution in [0.2, 0.25) is 0 Å². The molecule has 4 heteroatoms. The van der Waals surface area contributed by atoms with E-state index in [1.165, 1.54) is 12.1 Å². The summed E-state index contributed by atoms with van der Waals surface area (Å²) >= 11 is -1.07. The van der Waals surface area contributed by atoms with Crippen LogP contribution in [0.25, 0.3) is 0 Å². The molecule has 0 bridgehead atoms. The molecule has 0 aromatic heterocycles. The van der Waals surface area contributed by atoms with Crippen LogP contribution in [-0.2, 0) is 16.1 Å². The second kappa shape index (κ2) is 5.44. The Morgan fingerprint density at radius 3 is 2.50 bits per heavy atom. The molecule has 0 aliphatic carbocycles. The standard InChI is InChI=1S/C6H4F.ClH.HI.Zn/c7-6-4-2-1-3-5-6;;;/h1-2,4-5H;2*1H;/q;;;+1/p-1. The first-order chi connectivity index (χ1) is 4.33. The molecule has 0 amide bonds. The first-order valence-corrected chi connectivity index (χ1v) is 8.01. The van der Waals surface area contributed by atoms with Crippen molar-refractivity contribution in [3.63, 3.8) is 0 Å². The summed E-state index contributed by atoms with van der Waals surface area (Å²) in [6.07, 6.45) is 0. The quantitative estimate of drug-likeness (QED) is 0.549. The van der Waals surface area contributed by atoms with Crippen molar-refractivity contribution in [1.82, 2.24) is 0 Å². The van der Waals surface area contributed by atoms with Gasteiger partial charge in [-0.25, -0.2) is 0 Å². The molecule has 0 saturated heterocycles. The Morgan fingerprint density at radius 2 is 2.10 bits per heavy atom. The third-order valence-corrected chi connectivity index (χ3v) is 4.22. The van der Waals surface area contributed by atoms with Gasteiger partial charge in [-0.1, -0.05) is 0 Å². The number of halogens is 3. The van der Waals surface area contributed by atoms with E-state index in [9.17, 15) is 4.39 Å². The Morgan fingerprint density at radius 1 is 1.40 bits per heavy atom. The molecule has 0 aliphatic heterocycles. The van der Waals surface area contributed by atoms with Crippen LogP contribution >= 0.6 is 33.7 Å². The molecule has 1 aromatic rings. The molecule has 1 aromatic carbocycles. The fraction of sp³-hybridized carbons (Fsp3) is 0. The minimum absolute atomic E-state index is 0. The molecule has 0 N–H and O–H groups in total. The van der Waals surface area contributed by atoms with Crippen molar-refractivity contribution in [2.24, 2.45) is 0 Å². The van der Waals surface area contributed by atoms with E-state index in [0.29, 0.717) is 0 Å². The first-order valence-electron chi connectivity index (χ1n) is 2.63. The van der Waals surface area contributed by atoms with Gasteiger partial charge in [0.15, 0.2) is 0 Å². The van der Waals surface area contributed by atoms with E-state index in [2.05, 4.69) is 0 Å². The van der Waals surface area contributed by atoms with Gasteiger partial charge < -0.3 is 0 Å². The van der Waals surface area contributed by atoms with Gasteiger partial charge in [-0.15, -0.1) is 24.0 Å². The van der Waals surface area contributed by atoms with Gasteiger partial charge in [0, 0.05) is 0 Å². The fourth-order valence-corrected chi connectivity index (χ4v) is 2.53. The summed E-state index contributed by atoms with van der Waals surface area (Å²) in [5.74, 6) is -0.182. The molecule has 0 spiro atoms. The molecule has 0 atom stereocenters. The van der Waals surface area contributed by atoms with Crippen molar-refractivity contribution in [3.05, 3.63) is 30.1 Å². The normalized spacial score (nSPS) is 7.80. The Labute approximate surface area is 87.8 Å². The molecule has 0 saturated carbocycles. The van der Waals surface area contributed by atoms with Crippen LogP contribution in [0, 0.1) is 5.82 Å². The summed E-state index contributed by atoms with van der Waals surface area (Å²) < 4.78 is 13.3. The Hall–Kier alpha value is 0.793. The van der Waals surface area contributed by atoms with Crippen molar-refractivity contribution in [3.8, 4) is 0 Å². The largest absolute Gasteiger partial charge is 0.107 e. The second-order valence-electron chi connectivity index (χ2n) is 1.76. The molecule has 0 heterocycles. The van der Waals surface area contributed by atoms with E-state index in [-0.39, 0.29) is 29.8 Å². The molecule has 1 rings (SSSR count). The summed E-state index contributed by atoms with van der Waals surface area (Å²) in [7, 11) is 5.62. The predicted molar refractivity (Wildman–Crippen MR) is 47.3 cm³/mol. The minimum atomic E-state index is -1.07. The summed E-state index contributed by atoms with van der Waals surface area (Å²) in [5.41, 5.74) is 0. The summed E-state index contributed by atoms with van der Waals surface area (Å²) in [6, 6.07) is 6.50. The van der Waals surface area contributed by atoms with Gasteiger partial charge in [0.1, 0.15) is 0 Å². The van der Waals surface area contributed by atoms with Crippen LogP contribution < -0.4 is 4.16 Å². The maximum atomic E-state index is 12.3. The maximum absolute atomic E-state index is 12.3. The van der Waals surface area contributed by atoms with Crippen molar-refractivity contribution >= 4 is 37.8 Å². The van der Waals surface area contributed by atoms with Crippen molar-refractivity contribution in [2.75, 3.05) is 0 Å².